The molecule has 1 N–H and O–H groups in total. The fraction of sp³-hybridized carbons (Fsp3) is 0.348. The van der Waals surface area contributed by atoms with Crippen molar-refractivity contribution in [2.24, 2.45) is 0 Å². The Hall–Kier alpha value is -2.99. The lowest BCUT2D eigenvalue weighted by molar-refractivity contribution is -0.117. The number of anilines is 1. The molecule has 1 heterocycles. The molecule has 0 saturated carbocycles. The lowest BCUT2D eigenvalue weighted by Crippen LogP contribution is -2.30. The highest BCUT2D eigenvalue weighted by molar-refractivity contribution is 5.93. The molecule has 1 amide bonds. The topological polar surface area (TPSA) is 71.3 Å². The molecule has 0 spiro atoms. The fourth-order valence-corrected chi connectivity index (χ4v) is 3.41. The lowest BCUT2D eigenvalue weighted by atomic mass is 10.1. The van der Waals surface area contributed by atoms with Crippen molar-refractivity contribution in [1.82, 2.24) is 15.0 Å². The average Bonchev–Trinajstić information content (AvgIpc) is 3.13. The second-order valence-corrected chi connectivity index (χ2v) is 7.56. The second-order valence-electron chi connectivity index (χ2n) is 7.56. The molecule has 0 aliphatic carbocycles. The van der Waals surface area contributed by atoms with Crippen molar-refractivity contribution in [2.75, 3.05) is 18.9 Å². The third-order valence-corrected chi connectivity index (χ3v) is 4.85. The van der Waals surface area contributed by atoms with Crippen LogP contribution in [-0.2, 0) is 17.8 Å². The Bertz CT molecular complexity index is 969. The van der Waals surface area contributed by atoms with Crippen LogP contribution in [0.25, 0.3) is 11.4 Å². The van der Waals surface area contributed by atoms with Crippen LogP contribution in [0.2, 0.25) is 0 Å². The highest BCUT2D eigenvalue weighted by atomic mass is 16.5. The number of likely N-dealkylation sites (N-methyl/N-ethyl adjacent to an activating group) is 1. The van der Waals surface area contributed by atoms with Gasteiger partial charge in [-0.15, -0.1) is 0 Å². The molecule has 0 aliphatic heterocycles. The summed E-state index contributed by atoms with van der Waals surface area (Å²) in [6, 6.07) is 12.3. The van der Waals surface area contributed by atoms with Gasteiger partial charge in [0.25, 0.3) is 0 Å². The Morgan fingerprint density at radius 2 is 1.76 bits per heavy atom. The molecule has 152 valence electrons. The van der Waals surface area contributed by atoms with Crippen LogP contribution < -0.4 is 5.32 Å². The first kappa shape index (κ1) is 20.7. The maximum Gasteiger partial charge on any atom is 0.241 e. The number of aromatic nitrogens is 2. The van der Waals surface area contributed by atoms with Gasteiger partial charge in [-0.3, -0.25) is 9.69 Å². The smallest absolute Gasteiger partial charge is 0.241 e. The molecule has 29 heavy (non-hydrogen) atoms. The highest BCUT2D eigenvalue weighted by Crippen LogP contribution is 2.22. The van der Waals surface area contributed by atoms with Gasteiger partial charge in [0, 0.05) is 11.3 Å². The van der Waals surface area contributed by atoms with Crippen molar-refractivity contribution in [3.8, 4) is 11.4 Å². The number of nitrogens with zero attached hydrogens (tertiary/aromatic N) is 3. The molecule has 3 rings (SSSR count). The number of carbonyl (C=O) groups is 1. The largest absolute Gasteiger partial charge is 0.338 e. The van der Waals surface area contributed by atoms with Gasteiger partial charge in [0.2, 0.25) is 17.6 Å². The molecule has 0 radical (unpaired) electrons. The second kappa shape index (κ2) is 9.01. The van der Waals surface area contributed by atoms with Gasteiger partial charge >= 0.3 is 0 Å². The predicted octanol–water partition coefficient (Wildman–Crippen LogP) is 4.29. The number of rotatable bonds is 7. The first-order chi connectivity index (χ1) is 13.9. The van der Waals surface area contributed by atoms with Crippen molar-refractivity contribution < 1.29 is 9.32 Å². The van der Waals surface area contributed by atoms with E-state index in [1.807, 2.05) is 37.9 Å². The van der Waals surface area contributed by atoms with Crippen LogP contribution in [0.15, 0.2) is 40.9 Å². The molecule has 1 aromatic heterocycles. The minimum absolute atomic E-state index is 0.0718. The van der Waals surface area contributed by atoms with Crippen LogP contribution in [0.4, 0.5) is 5.69 Å². The van der Waals surface area contributed by atoms with Gasteiger partial charge < -0.3 is 9.84 Å². The third kappa shape index (κ3) is 5.29. The molecule has 6 nitrogen and oxygen atoms in total. The molecular formula is C23H28N4O2. The Labute approximate surface area is 171 Å². The minimum Gasteiger partial charge on any atom is -0.338 e. The monoisotopic (exact) mass is 392 g/mol. The fourth-order valence-electron chi connectivity index (χ4n) is 3.41. The van der Waals surface area contributed by atoms with Crippen LogP contribution in [0.5, 0.6) is 0 Å². The lowest BCUT2D eigenvalue weighted by Gasteiger charge is -2.16. The SMILES string of the molecule is CCc1ccc(-c2noc(CN(C)CC(=O)Nc3c(C)cc(C)cc3C)n2)cc1. The average molecular weight is 393 g/mol. The summed E-state index contributed by atoms with van der Waals surface area (Å²) in [6.07, 6.45) is 0.992. The quantitative estimate of drug-likeness (QED) is 0.649. The highest BCUT2D eigenvalue weighted by Gasteiger charge is 2.14. The number of amides is 1. The van der Waals surface area contributed by atoms with Gasteiger partial charge in [0.1, 0.15) is 0 Å². The molecular weight excluding hydrogens is 364 g/mol. The van der Waals surface area contributed by atoms with E-state index in [4.69, 9.17) is 4.52 Å². The van der Waals surface area contributed by atoms with E-state index >= 15 is 0 Å². The van der Waals surface area contributed by atoms with E-state index in [-0.39, 0.29) is 12.5 Å². The van der Waals surface area contributed by atoms with E-state index in [0.717, 1.165) is 28.8 Å². The predicted molar refractivity (Wildman–Crippen MR) is 115 cm³/mol. The molecule has 0 bridgehead atoms. The molecule has 2 aromatic carbocycles. The van der Waals surface area contributed by atoms with Gasteiger partial charge in [-0.2, -0.15) is 4.98 Å². The molecule has 0 atom stereocenters. The molecule has 3 aromatic rings. The van der Waals surface area contributed by atoms with E-state index in [2.05, 4.69) is 53.6 Å². The van der Waals surface area contributed by atoms with Gasteiger partial charge in [0.05, 0.1) is 13.1 Å². The van der Waals surface area contributed by atoms with Gasteiger partial charge in [0.15, 0.2) is 0 Å². The molecule has 0 saturated heterocycles. The maximum atomic E-state index is 12.5. The summed E-state index contributed by atoms with van der Waals surface area (Å²) in [7, 11) is 1.86. The Morgan fingerprint density at radius 1 is 1.10 bits per heavy atom. The Kier molecular flexibility index (Phi) is 6.44. The van der Waals surface area contributed by atoms with Crippen LogP contribution in [0.3, 0.4) is 0 Å². The normalized spacial score (nSPS) is 11.1. The zero-order valence-corrected chi connectivity index (χ0v) is 17.7. The number of aryl methyl sites for hydroxylation is 4. The Morgan fingerprint density at radius 3 is 2.38 bits per heavy atom. The van der Waals surface area contributed by atoms with Crippen molar-refractivity contribution in [3.05, 3.63) is 64.5 Å². The molecule has 0 unspecified atom stereocenters. The number of carbonyl (C=O) groups excluding carboxylic acids is 1. The van der Waals surface area contributed by atoms with E-state index in [1.54, 1.807) is 0 Å². The molecule has 0 fully saturated rings. The summed E-state index contributed by atoms with van der Waals surface area (Å²) in [6.45, 7) is 8.82. The van der Waals surface area contributed by atoms with Crippen LogP contribution in [0.1, 0.15) is 35.1 Å². The van der Waals surface area contributed by atoms with Crippen molar-refractivity contribution >= 4 is 11.6 Å². The number of nitrogens with one attached hydrogen (secondary N) is 1. The summed E-state index contributed by atoms with van der Waals surface area (Å²) in [5, 5.41) is 7.08. The minimum atomic E-state index is -0.0718. The first-order valence-corrected chi connectivity index (χ1v) is 9.84. The molecule has 0 aliphatic rings. The number of benzene rings is 2. The zero-order chi connectivity index (χ0) is 21.0. The summed E-state index contributed by atoms with van der Waals surface area (Å²) >= 11 is 0. The summed E-state index contributed by atoms with van der Waals surface area (Å²) in [5.74, 6) is 0.974. The number of hydrogen-bond acceptors (Lipinski definition) is 5. The van der Waals surface area contributed by atoms with E-state index < -0.39 is 0 Å². The van der Waals surface area contributed by atoms with Crippen molar-refractivity contribution in [3.63, 3.8) is 0 Å². The standard InChI is InChI=1S/C23H28N4O2/c1-6-18-7-9-19(10-8-18)23-25-21(29-26-23)14-27(5)13-20(28)24-22-16(3)11-15(2)12-17(22)4/h7-12H,6,13-14H2,1-5H3,(H,24,28). The summed E-state index contributed by atoms with van der Waals surface area (Å²) in [4.78, 5) is 18.8. The van der Waals surface area contributed by atoms with Gasteiger partial charge in [-0.25, -0.2) is 0 Å². The third-order valence-electron chi connectivity index (χ3n) is 4.85. The van der Waals surface area contributed by atoms with Gasteiger partial charge in [-0.1, -0.05) is 54.0 Å². The number of hydrogen-bond donors (Lipinski definition) is 1. The van der Waals surface area contributed by atoms with Crippen LogP contribution in [0, 0.1) is 20.8 Å². The summed E-state index contributed by atoms with van der Waals surface area (Å²) in [5.41, 5.74) is 6.38. The van der Waals surface area contributed by atoms with Crippen molar-refractivity contribution in [1.29, 1.82) is 0 Å². The van der Waals surface area contributed by atoms with E-state index in [1.165, 1.54) is 11.1 Å². The zero-order valence-electron chi connectivity index (χ0n) is 17.7. The maximum absolute atomic E-state index is 12.5. The molecule has 6 heteroatoms. The van der Waals surface area contributed by atoms with Crippen molar-refractivity contribution in [2.45, 2.75) is 40.7 Å². The van der Waals surface area contributed by atoms with Crippen LogP contribution in [-0.4, -0.2) is 34.5 Å². The first-order valence-electron chi connectivity index (χ1n) is 9.84. The van der Waals surface area contributed by atoms with E-state index in [9.17, 15) is 4.79 Å². The van der Waals surface area contributed by atoms with Gasteiger partial charge in [-0.05, 0) is 50.9 Å². The summed E-state index contributed by atoms with van der Waals surface area (Å²) < 4.78 is 5.36. The Balaban J connectivity index is 1.59. The van der Waals surface area contributed by atoms with Crippen LogP contribution >= 0.6 is 0 Å². The van der Waals surface area contributed by atoms with E-state index in [0.29, 0.717) is 18.3 Å².